The lowest BCUT2D eigenvalue weighted by Crippen LogP contribution is -2.09. The second-order valence-electron chi connectivity index (χ2n) is 3.35. The van der Waals surface area contributed by atoms with Crippen LogP contribution in [0.25, 0.3) is 0 Å². The molecule has 2 N–H and O–H groups in total. The van der Waals surface area contributed by atoms with Gasteiger partial charge in [0.2, 0.25) is 5.91 Å². The summed E-state index contributed by atoms with van der Waals surface area (Å²) in [6.45, 7) is 1.88. The third-order valence-electron chi connectivity index (χ3n) is 2.08. The number of halogens is 1. The second kappa shape index (κ2) is 6.06. The first-order chi connectivity index (χ1) is 8.02. The Morgan fingerprint density at radius 1 is 1.47 bits per heavy atom. The fourth-order valence-corrected chi connectivity index (χ4v) is 1.25. The maximum absolute atomic E-state index is 11.5. The highest BCUT2D eigenvalue weighted by molar-refractivity contribution is 6.67. The van der Waals surface area contributed by atoms with E-state index in [0.29, 0.717) is 11.4 Å². The Morgan fingerprint density at radius 3 is 2.76 bits per heavy atom. The first-order valence-electron chi connectivity index (χ1n) is 4.90. The first-order valence-corrected chi connectivity index (χ1v) is 5.28. The average molecular weight is 253 g/mol. The number of amides is 1. The summed E-state index contributed by atoms with van der Waals surface area (Å²) in [5.41, 5.74) is 1.59. The molecule has 0 aromatic heterocycles. The molecule has 0 bridgehead atoms. The molecule has 0 radical (unpaired) electrons. The van der Waals surface area contributed by atoms with Crippen molar-refractivity contribution in [1.82, 2.24) is 0 Å². The third-order valence-corrected chi connectivity index (χ3v) is 2.21. The van der Waals surface area contributed by atoms with Gasteiger partial charge < -0.3 is 10.1 Å². The van der Waals surface area contributed by atoms with Crippen LogP contribution in [0.4, 0.5) is 5.69 Å². The highest BCUT2D eigenvalue weighted by atomic mass is 35.5. The molecule has 0 saturated carbocycles. The second-order valence-corrected chi connectivity index (χ2v) is 3.76. The summed E-state index contributed by atoms with van der Waals surface area (Å²) in [5.74, 6) is 0.326. The molecule has 0 fully saturated rings. The molecular formula is C12H13ClN2O2. The van der Waals surface area contributed by atoms with Crippen molar-refractivity contribution in [3.8, 4) is 5.75 Å². The van der Waals surface area contributed by atoms with Gasteiger partial charge in [0, 0.05) is 17.8 Å². The van der Waals surface area contributed by atoms with E-state index in [1.54, 1.807) is 13.2 Å². The Hall–Kier alpha value is -1.81. The van der Waals surface area contributed by atoms with Crippen LogP contribution < -0.4 is 10.1 Å². The number of nitrogens with one attached hydrogen (secondary N) is 2. The lowest BCUT2D eigenvalue weighted by molar-refractivity contribution is -0.111. The van der Waals surface area contributed by atoms with Gasteiger partial charge in [-0.15, -0.1) is 0 Å². The van der Waals surface area contributed by atoms with Crippen molar-refractivity contribution in [2.24, 2.45) is 0 Å². The number of aryl methyl sites for hydroxylation is 1. The number of hydrogen-bond acceptors (Lipinski definition) is 3. The van der Waals surface area contributed by atoms with Crippen LogP contribution in [0.15, 0.2) is 30.4 Å². The molecule has 0 aliphatic rings. The van der Waals surface area contributed by atoms with Crippen LogP contribution in [0.5, 0.6) is 5.75 Å². The summed E-state index contributed by atoms with van der Waals surface area (Å²) in [5, 5.41) is 9.44. The fraction of sp³-hybridized carbons (Fsp3) is 0.167. The Kier molecular flexibility index (Phi) is 4.72. The lowest BCUT2D eigenvalue weighted by atomic mass is 10.2. The van der Waals surface area contributed by atoms with E-state index in [2.05, 4.69) is 5.32 Å². The fourth-order valence-electron chi connectivity index (χ4n) is 1.19. The van der Waals surface area contributed by atoms with Gasteiger partial charge in [-0.2, -0.15) is 0 Å². The smallest absolute Gasteiger partial charge is 0.248 e. The topological polar surface area (TPSA) is 62.2 Å². The maximum atomic E-state index is 11.5. The van der Waals surface area contributed by atoms with E-state index < -0.39 is 0 Å². The number of methoxy groups -OCH3 is 1. The quantitative estimate of drug-likeness (QED) is 0.639. The van der Waals surface area contributed by atoms with E-state index in [1.165, 1.54) is 12.2 Å². The van der Waals surface area contributed by atoms with E-state index in [0.717, 1.165) is 5.56 Å². The minimum Gasteiger partial charge on any atom is -0.497 e. The Bertz CT molecular complexity index is 470. The van der Waals surface area contributed by atoms with Crippen molar-refractivity contribution in [2.75, 3.05) is 12.4 Å². The number of ether oxygens (including phenoxy) is 1. The van der Waals surface area contributed by atoms with Crippen molar-refractivity contribution >= 4 is 28.4 Å². The minimum absolute atomic E-state index is 0.192. The monoisotopic (exact) mass is 252 g/mol. The van der Waals surface area contributed by atoms with Crippen molar-refractivity contribution in [2.45, 2.75) is 6.92 Å². The molecule has 1 aromatic carbocycles. The molecule has 4 nitrogen and oxygen atoms in total. The van der Waals surface area contributed by atoms with Crippen molar-refractivity contribution in [3.63, 3.8) is 0 Å². The minimum atomic E-state index is -0.341. The number of carbonyl (C=O) groups excluding carboxylic acids is 1. The van der Waals surface area contributed by atoms with E-state index in [-0.39, 0.29) is 11.1 Å². The zero-order chi connectivity index (χ0) is 12.8. The number of anilines is 1. The van der Waals surface area contributed by atoms with Gasteiger partial charge in [0.15, 0.2) is 0 Å². The molecule has 0 atom stereocenters. The van der Waals surface area contributed by atoms with Gasteiger partial charge in [0.05, 0.1) is 7.11 Å². The number of benzene rings is 1. The standard InChI is InChI=1S/C12H13ClN2O2/c1-8-3-4-9(17-2)7-10(8)15-12(16)6-5-11(13)14/h3-7,14H,1-2H3,(H,15,16)/b6-5-,14-11?. The van der Waals surface area contributed by atoms with Gasteiger partial charge in [-0.25, -0.2) is 0 Å². The van der Waals surface area contributed by atoms with E-state index in [9.17, 15) is 4.79 Å². The molecule has 1 rings (SSSR count). The van der Waals surface area contributed by atoms with Crippen LogP contribution in [0, 0.1) is 12.3 Å². The molecule has 0 heterocycles. The molecule has 1 aromatic rings. The highest BCUT2D eigenvalue weighted by Gasteiger charge is 2.03. The van der Waals surface area contributed by atoms with Crippen molar-refractivity contribution in [1.29, 1.82) is 5.41 Å². The summed E-state index contributed by atoms with van der Waals surface area (Å²) < 4.78 is 5.07. The Balaban J connectivity index is 2.80. The normalized spacial score (nSPS) is 10.3. The van der Waals surface area contributed by atoms with Gasteiger partial charge in [0.25, 0.3) is 0 Å². The molecule has 90 valence electrons. The van der Waals surface area contributed by atoms with Gasteiger partial charge in [-0.3, -0.25) is 10.2 Å². The first kappa shape index (κ1) is 13.3. The maximum Gasteiger partial charge on any atom is 0.248 e. The number of rotatable bonds is 4. The highest BCUT2D eigenvalue weighted by Crippen LogP contribution is 2.21. The third kappa shape index (κ3) is 4.28. The molecular weight excluding hydrogens is 240 g/mol. The molecule has 0 aliphatic heterocycles. The number of allylic oxidation sites excluding steroid dienone is 1. The average Bonchev–Trinajstić information content (AvgIpc) is 2.29. The van der Waals surface area contributed by atoms with Crippen LogP contribution in [0.2, 0.25) is 0 Å². The Morgan fingerprint density at radius 2 is 2.18 bits per heavy atom. The van der Waals surface area contributed by atoms with Crippen LogP contribution in [-0.2, 0) is 4.79 Å². The predicted molar refractivity (Wildman–Crippen MR) is 69.1 cm³/mol. The van der Waals surface area contributed by atoms with Crippen LogP contribution >= 0.6 is 11.6 Å². The van der Waals surface area contributed by atoms with Crippen molar-refractivity contribution < 1.29 is 9.53 Å². The van der Waals surface area contributed by atoms with Gasteiger partial charge in [-0.05, 0) is 24.6 Å². The zero-order valence-corrected chi connectivity index (χ0v) is 10.3. The molecule has 0 saturated heterocycles. The number of hydrogen-bond donors (Lipinski definition) is 2. The number of carbonyl (C=O) groups is 1. The Labute approximate surface area is 105 Å². The van der Waals surface area contributed by atoms with Crippen LogP contribution in [0.3, 0.4) is 0 Å². The van der Waals surface area contributed by atoms with E-state index in [1.807, 2.05) is 19.1 Å². The summed E-state index contributed by atoms with van der Waals surface area (Å²) in [6.07, 6.45) is 2.42. The summed E-state index contributed by atoms with van der Waals surface area (Å²) >= 11 is 5.30. The van der Waals surface area contributed by atoms with Gasteiger partial charge in [0.1, 0.15) is 10.9 Å². The molecule has 0 aliphatic carbocycles. The summed E-state index contributed by atoms with van der Waals surface area (Å²) in [7, 11) is 1.56. The molecule has 17 heavy (non-hydrogen) atoms. The molecule has 1 amide bonds. The molecule has 0 spiro atoms. The largest absolute Gasteiger partial charge is 0.497 e. The summed E-state index contributed by atoms with van der Waals surface area (Å²) in [6, 6.07) is 5.39. The van der Waals surface area contributed by atoms with E-state index >= 15 is 0 Å². The van der Waals surface area contributed by atoms with Crippen LogP contribution in [-0.4, -0.2) is 18.2 Å². The van der Waals surface area contributed by atoms with Crippen LogP contribution in [0.1, 0.15) is 5.56 Å². The van der Waals surface area contributed by atoms with E-state index in [4.69, 9.17) is 21.7 Å². The molecule has 5 heteroatoms. The molecule has 0 unspecified atom stereocenters. The lowest BCUT2D eigenvalue weighted by Gasteiger charge is -2.08. The van der Waals surface area contributed by atoms with Gasteiger partial charge >= 0.3 is 0 Å². The SMILES string of the molecule is COc1ccc(C)c(NC(=O)/C=C\C(=N)Cl)c1. The predicted octanol–water partition coefficient (Wildman–Crippen LogP) is 2.71. The summed E-state index contributed by atoms with van der Waals surface area (Å²) in [4.78, 5) is 11.5. The van der Waals surface area contributed by atoms with Crippen molar-refractivity contribution in [3.05, 3.63) is 35.9 Å². The van der Waals surface area contributed by atoms with Gasteiger partial charge in [-0.1, -0.05) is 17.7 Å². The zero-order valence-electron chi connectivity index (χ0n) is 9.58.